The molecule has 0 radical (unpaired) electrons. The lowest BCUT2D eigenvalue weighted by molar-refractivity contribution is -0.302. The maximum absolute atomic E-state index is 6.09. The van der Waals surface area contributed by atoms with Crippen molar-refractivity contribution in [3.05, 3.63) is 0 Å². The molecule has 2 atom stereocenters. The van der Waals surface area contributed by atoms with Gasteiger partial charge in [-0.1, -0.05) is 39.0 Å². The van der Waals surface area contributed by atoms with E-state index >= 15 is 0 Å². The molecule has 0 spiro atoms. The molecule has 22 heavy (non-hydrogen) atoms. The van der Waals surface area contributed by atoms with E-state index in [2.05, 4.69) is 6.92 Å². The van der Waals surface area contributed by atoms with Gasteiger partial charge in [0.1, 0.15) is 0 Å². The van der Waals surface area contributed by atoms with Crippen LogP contribution in [0, 0.1) is 0 Å². The van der Waals surface area contributed by atoms with E-state index in [4.69, 9.17) is 18.9 Å². The molecule has 0 aromatic carbocycles. The summed E-state index contributed by atoms with van der Waals surface area (Å²) in [5.41, 5.74) is 0. The van der Waals surface area contributed by atoms with Gasteiger partial charge in [-0.3, -0.25) is 0 Å². The molecule has 1 fully saturated rings. The fourth-order valence-corrected chi connectivity index (χ4v) is 3.20. The molecule has 0 aliphatic carbocycles. The lowest BCUT2D eigenvalue weighted by Crippen LogP contribution is -2.44. The van der Waals surface area contributed by atoms with Crippen LogP contribution in [-0.2, 0) is 18.9 Å². The smallest absolute Gasteiger partial charge is 0.163 e. The second kappa shape index (κ2) is 10.6. The van der Waals surface area contributed by atoms with Crippen LogP contribution in [0.3, 0.4) is 0 Å². The van der Waals surface area contributed by atoms with Gasteiger partial charge in [-0.05, 0) is 26.7 Å². The van der Waals surface area contributed by atoms with Crippen molar-refractivity contribution in [2.45, 2.75) is 103 Å². The third-order valence-corrected chi connectivity index (χ3v) is 4.31. The summed E-state index contributed by atoms with van der Waals surface area (Å²) >= 11 is 0. The highest BCUT2D eigenvalue weighted by atomic mass is 16.7. The highest BCUT2D eigenvalue weighted by molar-refractivity contribution is 4.77. The van der Waals surface area contributed by atoms with Crippen LogP contribution in [0.25, 0.3) is 0 Å². The molecule has 1 aliphatic heterocycles. The first-order chi connectivity index (χ1) is 10.5. The van der Waals surface area contributed by atoms with Crippen molar-refractivity contribution in [3.63, 3.8) is 0 Å². The van der Waals surface area contributed by atoms with Crippen molar-refractivity contribution in [2.75, 3.05) is 14.2 Å². The van der Waals surface area contributed by atoms with Crippen molar-refractivity contribution in [3.8, 4) is 0 Å². The molecule has 0 aromatic rings. The fraction of sp³-hybridized carbons (Fsp3) is 1.00. The van der Waals surface area contributed by atoms with Crippen molar-refractivity contribution in [1.82, 2.24) is 0 Å². The zero-order valence-corrected chi connectivity index (χ0v) is 15.2. The normalized spacial score (nSPS) is 24.8. The Kier molecular flexibility index (Phi) is 9.57. The number of unbranched alkanes of at least 4 members (excludes halogenated alkanes) is 4. The van der Waals surface area contributed by atoms with Gasteiger partial charge in [0.15, 0.2) is 12.1 Å². The summed E-state index contributed by atoms with van der Waals surface area (Å²) in [6.45, 7) is 6.29. The van der Waals surface area contributed by atoms with Crippen molar-refractivity contribution in [1.29, 1.82) is 0 Å². The summed E-state index contributed by atoms with van der Waals surface area (Å²) in [4.78, 5) is 0. The summed E-state index contributed by atoms with van der Waals surface area (Å²) in [6, 6.07) is 0. The summed E-state index contributed by atoms with van der Waals surface area (Å²) < 4.78 is 22.7. The van der Waals surface area contributed by atoms with E-state index in [1.165, 1.54) is 32.1 Å². The van der Waals surface area contributed by atoms with Gasteiger partial charge in [0.2, 0.25) is 0 Å². The van der Waals surface area contributed by atoms with Crippen LogP contribution in [0.15, 0.2) is 0 Å². The molecule has 0 saturated carbocycles. The third kappa shape index (κ3) is 7.91. The van der Waals surface area contributed by atoms with Crippen LogP contribution in [0.5, 0.6) is 0 Å². The van der Waals surface area contributed by atoms with Crippen LogP contribution >= 0.6 is 0 Å². The highest BCUT2D eigenvalue weighted by Crippen LogP contribution is 2.31. The van der Waals surface area contributed by atoms with Gasteiger partial charge in [-0.25, -0.2) is 0 Å². The molecule has 132 valence electrons. The summed E-state index contributed by atoms with van der Waals surface area (Å²) in [6.07, 6.45) is 10.9. The predicted molar refractivity (Wildman–Crippen MR) is 88.9 cm³/mol. The molecule has 0 N–H and O–H groups in total. The first kappa shape index (κ1) is 19.9. The lowest BCUT2D eigenvalue weighted by Gasteiger charge is -2.41. The predicted octanol–water partition coefficient (Wildman–Crippen LogP) is 4.66. The molecule has 0 amide bonds. The van der Waals surface area contributed by atoms with Crippen LogP contribution in [-0.4, -0.2) is 38.5 Å². The zero-order valence-electron chi connectivity index (χ0n) is 15.2. The Labute approximate surface area is 136 Å². The molecular weight excluding hydrogens is 280 g/mol. The van der Waals surface area contributed by atoms with Crippen molar-refractivity contribution < 1.29 is 18.9 Å². The number of hydrogen-bond donors (Lipinski definition) is 0. The largest absolute Gasteiger partial charge is 0.356 e. The van der Waals surface area contributed by atoms with E-state index < -0.39 is 5.79 Å². The van der Waals surface area contributed by atoms with Crippen LogP contribution in [0.1, 0.15) is 78.6 Å². The molecule has 4 nitrogen and oxygen atoms in total. The van der Waals surface area contributed by atoms with E-state index in [0.717, 1.165) is 25.7 Å². The van der Waals surface area contributed by atoms with Gasteiger partial charge < -0.3 is 18.9 Å². The monoisotopic (exact) mass is 316 g/mol. The van der Waals surface area contributed by atoms with Gasteiger partial charge in [-0.15, -0.1) is 0 Å². The SMILES string of the molecule is CCCCCCC[C@H]1C[C@@H](CCC(OC)OC)OC(C)(C)O1. The van der Waals surface area contributed by atoms with Gasteiger partial charge in [0, 0.05) is 27.1 Å². The van der Waals surface area contributed by atoms with E-state index in [1.807, 2.05) is 13.8 Å². The van der Waals surface area contributed by atoms with Crippen LogP contribution in [0.2, 0.25) is 0 Å². The second-order valence-corrected chi connectivity index (χ2v) is 6.80. The fourth-order valence-electron chi connectivity index (χ4n) is 3.20. The van der Waals surface area contributed by atoms with Crippen molar-refractivity contribution in [2.24, 2.45) is 0 Å². The molecule has 0 aromatic heterocycles. The van der Waals surface area contributed by atoms with Gasteiger partial charge >= 0.3 is 0 Å². The topological polar surface area (TPSA) is 36.9 Å². The average molecular weight is 316 g/mol. The lowest BCUT2D eigenvalue weighted by atomic mass is 9.99. The number of methoxy groups -OCH3 is 2. The molecule has 1 saturated heterocycles. The average Bonchev–Trinajstić information content (AvgIpc) is 2.46. The third-order valence-electron chi connectivity index (χ3n) is 4.31. The Morgan fingerprint density at radius 2 is 1.55 bits per heavy atom. The summed E-state index contributed by atoms with van der Waals surface area (Å²) in [5, 5.41) is 0. The Hall–Kier alpha value is -0.160. The Morgan fingerprint density at radius 1 is 0.955 bits per heavy atom. The van der Waals surface area contributed by atoms with E-state index in [-0.39, 0.29) is 12.4 Å². The minimum absolute atomic E-state index is 0.137. The van der Waals surface area contributed by atoms with E-state index in [1.54, 1.807) is 14.2 Å². The minimum Gasteiger partial charge on any atom is -0.356 e. The minimum atomic E-state index is -0.480. The first-order valence-corrected chi connectivity index (χ1v) is 8.92. The number of hydrogen-bond acceptors (Lipinski definition) is 4. The number of ether oxygens (including phenoxy) is 4. The summed E-state index contributed by atoms with van der Waals surface area (Å²) in [5.74, 6) is -0.480. The number of rotatable bonds is 11. The first-order valence-electron chi connectivity index (χ1n) is 8.92. The van der Waals surface area contributed by atoms with Gasteiger partial charge in [0.05, 0.1) is 12.2 Å². The zero-order chi connectivity index (χ0) is 16.4. The molecule has 4 heteroatoms. The maximum Gasteiger partial charge on any atom is 0.163 e. The maximum atomic E-state index is 6.09. The molecule has 1 heterocycles. The molecule has 1 rings (SSSR count). The highest BCUT2D eigenvalue weighted by Gasteiger charge is 2.35. The van der Waals surface area contributed by atoms with E-state index in [9.17, 15) is 0 Å². The van der Waals surface area contributed by atoms with Crippen LogP contribution < -0.4 is 0 Å². The van der Waals surface area contributed by atoms with E-state index in [0.29, 0.717) is 6.10 Å². The quantitative estimate of drug-likeness (QED) is 0.410. The Morgan fingerprint density at radius 3 is 2.14 bits per heavy atom. The van der Waals surface area contributed by atoms with Crippen molar-refractivity contribution >= 4 is 0 Å². The molecule has 0 bridgehead atoms. The standard InChI is InChI=1S/C18H36O4/c1-6-7-8-9-10-11-15-14-16(22-18(2,3)21-15)12-13-17(19-4)20-5/h15-17H,6-14H2,1-5H3/t15-,16+/m0/s1. The molecular formula is C18H36O4. The second-order valence-electron chi connectivity index (χ2n) is 6.80. The Balaban J connectivity index is 2.34. The van der Waals surface area contributed by atoms with Gasteiger partial charge in [-0.2, -0.15) is 0 Å². The molecule has 1 aliphatic rings. The Bertz CT molecular complexity index is 276. The van der Waals surface area contributed by atoms with Crippen LogP contribution in [0.4, 0.5) is 0 Å². The van der Waals surface area contributed by atoms with Gasteiger partial charge in [0.25, 0.3) is 0 Å². The molecule has 0 unspecified atom stereocenters. The summed E-state index contributed by atoms with van der Waals surface area (Å²) in [7, 11) is 3.37.